The molecular formula is C32H33N3O3. The molecule has 3 heterocycles. The quantitative estimate of drug-likeness (QED) is 0.302. The predicted molar refractivity (Wildman–Crippen MR) is 148 cm³/mol. The number of aryl methyl sites for hydroxylation is 1. The van der Waals surface area contributed by atoms with Crippen LogP contribution in [0.5, 0.6) is 0 Å². The van der Waals surface area contributed by atoms with Crippen molar-refractivity contribution >= 4 is 22.4 Å². The van der Waals surface area contributed by atoms with Gasteiger partial charge in [-0.05, 0) is 92.4 Å². The van der Waals surface area contributed by atoms with E-state index in [1.807, 2.05) is 6.07 Å². The molecule has 0 unspecified atom stereocenters. The Labute approximate surface area is 222 Å². The molecule has 1 saturated heterocycles. The summed E-state index contributed by atoms with van der Waals surface area (Å²) in [5.74, 6) is 1.44. The van der Waals surface area contributed by atoms with Crippen LogP contribution < -0.4 is 4.90 Å². The summed E-state index contributed by atoms with van der Waals surface area (Å²) in [6, 6.07) is 16.5. The third-order valence-electron chi connectivity index (χ3n) is 9.22. The molecule has 2 aromatic carbocycles. The summed E-state index contributed by atoms with van der Waals surface area (Å²) in [7, 11) is 0. The van der Waals surface area contributed by atoms with Crippen molar-refractivity contribution in [2.75, 3.05) is 18.0 Å². The number of hydrogen-bond donors (Lipinski definition) is 1. The summed E-state index contributed by atoms with van der Waals surface area (Å²) in [6.07, 6.45) is 10.3. The van der Waals surface area contributed by atoms with E-state index in [1.54, 1.807) is 12.3 Å². The van der Waals surface area contributed by atoms with Gasteiger partial charge in [0.15, 0.2) is 0 Å². The fourth-order valence-electron chi connectivity index (χ4n) is 6.92. The number of fused-ring (bicyclic) bond motifs is 1. The first-order valence-corrected chi connectivity index (χ1v) is 13.9. The Bertz CT molecular complexity index is 1520. The smallest absolute Gasteiger partial charge is 0.354 e. The molecule has 2 aliphatic carbocycles. The summed E-state index contributed by atoms with van der Waals surface area (Å²) in [6.45, 7) is 4.29. The van der Waals surface area contributed by atoms with Gasteiger partial charge in [-0.15, -0.1) is 0 Å². The van der Waals surface area contributed by atoms with E-state index in [4.69, 9.17) is 4.52 Å². The number of hydrogen-bond acceptors (Lipinski definition) is 5. The van der Waals surface area contributed by atoms with E-state index < -0.39 is 5.97 Å². The summed E-state index contributed by atoms with van der Waals surface area (Å²) in [4.78, 5) is 17.8. The van der Waals surface area contributed by atoms with Crippen LogP contribution in [0.15, 0.2) is 59.3 Å². The first-order chi connectivity index (χ1) is 18.5. The Morgan fingerprint density at radius 3 is 2.61 bits per heavy atom. The van der Waals surface area contributed by atoms with E-state index in [1.165, 1.54) is 60.9 Å². The lowest BCUT2D eigenvalue weighted by atomic mass is 9.56. The SMILES string of the molecule is Cc1ccccc1-c1noc(C2CC2)c1CC1CC2(CCN(c3ccc4cc(C(=O)O)ncc4c3)CC2)C1. The Morgan fingerprint density at radius 2 is 1.87 bits per heavy atom. The summed E-state index contributed by atoms with van der Waals surface area (Å²) in [5.41, 5.74) is 6.67. The molecule has 0 bridgehead atoms. The second-order valence-corrected chi connectivity index (χ2v) is 11.8. The van der Waals surface area contributed by atoms with E-state index in [0.717, 1.165) is 41.7 Å². The lowest BCUT2D eigenvalue weighted by Gasteiger charge is -2.53. The molecule has 3 fully saturated rings. The van der Waals surface area contributed by atoms with Gasteiger partial charge < -0.3 is 14.5 Å². The maximum atomic E-state index is 11.2. The Balaban J connectivity index is 1.02. The topological polar surface area (TPSA) is 79.5 Å². The molecule has 2 saturated carbocycles. The van der Waals surface area contributed by atoms with Crippen LogP contribution in [0.4, 0.5) is 5.69 Å². The number of aromatic carboxylic acids is 1. The molecule has 3 aliphatic rings. The van der Waals surface area contributed by atoms with Crippen molar-refractivity contribution < 1.29 is 14.4 Å². The molecule has 0 amide bonds. The number of nitrogens with zero attached hydrogens (tertiary/aromatic N) is 3. The standard InChI is InChI=1S/C32H33N3O3/c1-20-4-2-3-5-26(20)29-27(30(38-34-29)22-6-7-22)14-21-17-32(18-21)10-12-35(13-11-32)25-9-8-23-16-28(31(36)37)33-19-24(23)15-25/h2-5,8-9,15-16,19,21-22H,6-7,10-14,17-18H2,1H3,(H,36,37). The van der Waals surface area contributed by atoms with Gasteiger partial charge in [-0.3, -0.25) is 0 Å². The highest BCUT2D eigenvalue weighted by Gasteiger charge is 2.46. The molecular weight excluding hydrogens is 474 g/mol. The van der Waals surface area contributed by atoms with Gasteiger partial charge in [-0.2, -0.15) is 0 Å². The lowest BCUT2D eigenvalue weighted by molar-refractivity contribution is 0.0282. The molecule has 2 aromatic heterocycles. The molecule has 4 aromatic rings. The van der Waals surface area contributed by atoms with Gasteiger partial charge >= 0.3 is 5.97 Å². The normalized spacial score (nSPS) is 19.1. The summed E-state index contributed by atoms with van der Waals surface area (Å²) < 4.78 is 5.96. The first kappa shape index (κ1) is 23.4. The average Bonchev–Trinajstić information content (AvgIpc) is 3.68. The zero-order valence-corrected chi connectivity index (χ0v) is 21.8. The third kappa shape index (κ3) is 4.16. The number of carboxylic acids is 1. The number of carbonyl (C=O) groups is 1. The van der Waals surface area contributed by atoms with Gasteiger partial charge in [0.2, 0.25) is 0 Å². The van der Waals surface area contributed by atoms with E-state index in [-0.39, 0.29) is 5.69 Å². The van der Waals surface area contributed by atoms with Crippen molar-refractivity contribution in [3.8, 4) is 11.3 Å². The maximum absolute atomic E-state index is 11.2. The second kappa shape index (κ2) is 8.97. The van der Waals surface area contributed by atoms with Crippen LogP contribution >= 0.6 is 0 Å². The van der Waals surface area contributed by atoms with Crippen LogP contribution in [-0.2, 0) is 6.42 Å². The highest BCUT2D eigenvalue weighted by atomic mass is 16.5. The van der Waals surface area contributed by atoms with E-state index >= 15 is 0 Å². The highest BCUT2D eigenvalue weighted by molar-refractivity contribution is 5.93. The largest absolute Gasteiger partial charge is 0.477 e. The fourth-order valence-corrected chi connectivity index (χ4v) is 6.92. The van der Waals surface area contributed by atoms with Crippen LogP contribution in [0.1, 0.15) is 71.8 Å². The minimum atomic E-state index is -0.990. The van der Waals surface area contributed by atoms with Crippen molar-refractivity contribution in [1.29, 1.82) is 0 Å². The number of piperidine rings is 1. The van der Waals surface area contributed by atoms with Crippen LogP contribution in [0.3, 0.4) is 0 Å². The van der Waals surface area contributed by atoms with Gasteiger partial charge in [-0.25, -0.2) is 9.78 Å². The number of rotatable bonds is 6. The lowest BCUT2D eigenvalue weighted by Crippen LogP contribution is -2.47. The van der Waals surface area contributed by atoms with E-state index in [0.29, 0.717) is 17.3 Å². The zero-order valence-electron chi connectivity index (χ0n) is 21.8. The Kier molecular flexibility index (Phi) is 5.53. The van der Waals surface area contributed by atoms with Crippen LogP contribution in [-0.4, -0.2) is 34.3 Å². The Hall–Kier alpha value is -3.67. The van der Waals surface area contributed by atoms with Gasteiger partial charge in [0.25, 0.3) is 0 Å². The van der Waals surface area contributed by atoms with Gasteiger partial charge in [0.1, 0.15) is 17.1 Å². The molecule has 1 spiro atoms. The number of carboxylic acid groups (broad SMARTS) is 1. The minimum absolute atomic E-state index is 0.0891. The van der Waals surface area contributed by atoms with Crippen molar-refractivity contribution in [2.45, 2.75) is 57.8 Å². The van der Waals surface area contributed by atoms with Crippen molar-refractivity contribution in [2.24, 2.45) is 11.3 Å². The van der Waals surface area contributed by atoms with Gasteiger partial charge in [0, 0.05) is 47.4 Å². The average molecular weight is 508 g/mol. The number of pyridine rings is 1. The van der Waals surface area contributed by atoms with Crippen molar-refractivity contribution in [1.82, 2.24) is 10.1 Å². The molecule has 6 heteroatoms. The molecule has 38 heavy (non-hydrogen) atoms. The molecule has 7 rings (SSSR count). The summed E-state index contributed by atoms with van der Waals surface area (Å²) >= 11 is 0. The number of benzene rings is 2. The van der Waals surface area contributed by atoms with Crippen molar-refractivity contribution in [3.63, 3.8) is 0 Å². The minimum Gasteiger partial charge on any atom is -0.477 e. The van der Waals surface area contributed by atoms with Gasteiger partial charge in [-0.1, -0.05) is 35.5 Å². The molecule has 1 N–H and O–H groups in total. The fraction of sp³-hybridized carbons (Fsp3) is 0.406. The maximum Gasteiger partial charge on any atom is 0.354 e. The van der Waals surface area contributed by atoms with Crippen LogP contribution in [0.2, 0.25) is 0 Å². The molecule has 6 nitrogen and oxygen atoms in total. The molecule has 194 valence electrons. The molecule has 0 radical (unpaired) electrons. The second-order valence-electron chi connectivity index (χ2n) is 11.8. The van der Waals surface area contributed by atoms with Crippen LogP contribution in [0, 0.1) is 18.3 Å². The van der Waals surface area contributed by atoms with Crippen LogP contribution in [0.25, 0.3) is 22.0 Å². The van der Waals surface area contributed by atoms with E-state index in [2.05, 4.69) is 58.4 Å². The zero-order chi connectivity index (χ0) is 25.9. The monoisotopic (exact) mass is 507 g/mol. The molecule has 0 atom stereocenters. The summed E-state index contributed by atoms with van der Waals surface area (Å²) in [5, 5.41) is 15.7. The predicted octanol–water partition coefficient (Wildman–Crippen LogP) is 7.01. The highest BCUT2D eigenvalue weighted by Crippen LogP contribution is 2.55. The molecule has 1 aliphatic heterocycles. The third-order valence-corrected chi connectivity index (χ3v) is 9.22. The Morgan fingerprint density at radius 1 is 1.08 bits per heavy atom. The van der Waals surface area contributed by atoms with Crippen molar-refractivity contribution in [3.05, 3.63) is 77.3 Å². The first-order valence-electron chi connectivity index (χ1n) is 13.9. The van der Waals surface area contributed by atoms with E-state index in [9.17, 15) is 9.90 Å². The van der Waals surface area contributed by atoms with Gasteiger partial charge in [0.05, 0.1) is 0 Å². The number of aromatic nitrogens is 2. The number of anilines is 1.